The Balaban J connectivity index is 1.80. The Morgan fingerprint density at radius 2 is 1.91 bits per heavy atom. The average molecular weight is 313 g/mol. The molecule has 0 radical (unpaired) electrons. The third-order valence-corrected chi connectivity index (χ3v) is 3.74. The van der Waals surface area contributed by atoms with Gasteiger partial charge < -0.3 is 4.74 Å². The van der Waals surface area contributed by atoms with E-state index in [0.717, 1.165) is 22.6 Å². The van der Waals surface area contributed by atoms with Crippen molar-refractivity contribution in [2.24, 2.45) is 0 Å². The van der Waals surface area contributed by atoms with Crippen LogP contribution in [-0.4, -0.2) is 9.78 Å². The van der Waals surface area contributed by atoms with Gasteiger partial charge in [0, 0.05) is 22.5 Å². The molecule has 0 bridgehead atoms. The minimum Gasteiger partial charge on any atom is -0.489 e. The molecule has 0 fully saturated rings. The van der Waals surface area contributed by atoms with Gasteiger partial charge in [0.25, 0.3) is 0 Å². The van der Waals surface area contributed by atoms with Gasteiger partial charge in [0.15, 0.2) is 0 Å². The number of rotatable bonds is 5. The smallest absolute Gasteiger partial charge is 0.124 e. The molecule has 22 heavy (non-hydrogen) atoms. The van der Waals surface area contributed by atoms with Crippen LogP contribution < -0.4 is 4.74 Å². The lowest BCUT2D eigenvalue weighted by Gasteiger charge is -2.13. The molecule has 3 rings (SSSR count). The summed E-state index contributed by atoms with van der Waals surface area (Å²) in [6.45, 7) is 3.21. The zero-order valence-electron chi connectivity index (χ0n) is 12.4. The number of hydrogen-bond donors (Lipinski definition) is 0. The predicted molar refractivity (Wildman–Crippen MR) is 88.3 cm³/mol. The Bertz CT molecular complexity index is 753. The maximum Gasteiger partial charge on any atom is 0.124 e. The number of ether oxygens (including phenoxy) is 1. The molecule has 0 unspecified atom stereocenters. The fourth-order valence-corrected chi connectivity index (χ4v) is 2.47. The molecule has 4 heteroatoms. The highest BCUT2D eigenvalue weighted by Crippen LogP contribution is 2.25. The normalized spacial score (nSPS) is 10.6. The lowest BCUT2D eigenvalue weighted by atomic mass is 10.2. The number of benzene rings is 2. The van der Waals surface area contributed by atoms with Gasteiger partial charge in [-0.1, -0.05) is 41.9 Å². The van der Waals surface area contributed by atoms with Crippen molar-refractivity contribution < 1.29 is 4.74 Å². The molecule has 1 heterocycles. The summed E-state index contributed by atoms with van der Waals surface area (Å²) in [4.78, 5) is 0. The summed E-state index contributed by atoms with van der Waals surface area (Å²) < 4.78 is 7.90. The lowest BCUT2D eigenvalue weighted by molar-refractivity contribution is 0.302. The molecule has 3 nitrogen and oxygen atoms in total. The van der Waals surface area contributed by atoms with Gasteiger partial charge in [0.1, 0.15) is 12.4 Å². The van der Waals surface area contributed by atoms with Crippen molar-refractivity contribution in [1.29, 1.82) is 0 Å². The highest BCUT2D eigenvalue weighted by atomic mass is 35.5. The largest absolute Gasteiger partial charge is 0.489 e. The quantitative estimate of drug-likeness (QED) is 0.695. The van der Waals surface area contributed by atoms with Crippen LogP contribution in [0, 0.1) is 6.92 Å². The van der Waals surface area contributed by atoms with Crippen LogP contribution in [0.2, 0.25) is 5.02 Å². The number of nitrogens with zero attached hydrogens (tertiary/aromatic N) is 2. The van der Waals surface area contributed by atoms with E-state index in [4.69, 9.17) is 16.3 Å². The van der Waals surface area contributed by atoms with Gasteiger partial charge in [-0.05, 0) is 36.8 Å². The fourth-order valence-electron chi connectivity index (χ4n) is 2.27. The first kappa shape index (κ1) is 14.7. The van der Waals surface area contributed by atoms with E-state index in [2.05, 4.69) is 5.10 Å². The number of aromatic nitrogens is 2. The zero-order chi connectivity index (χ0) is 15.4. The van der Waals surface area contributed by atoms with Crippen LogP contribution >= 0.6 is 11.6 Å². The predicted octanol–water partition coefficient (Wildman–Crippen LogP) is 4.47. The molecule has 0 N–H and O–H groups in total. The van der Waals surface area contributed by atoms with E-state index < -0.39 is 0 Å². The molecule has 0 saturated carbocycles. The van der Waals surface area contributed by atoms with E-state index in [9.17, 15) is 0 Å². The van der Waals surface area contributed by atoms with Crippen LogP contribution in [0.1, 0.15) is 16.8 Å². The highest BCUT2D eigenvalue weighted by molar-refractivity contribution is 6.30. The van der Waals surface area contributed by atoms with E-state index in [1.807, 2.05) is 66.2 Å². The molecule has 112 valence electrons. The third-order valence-electron chi connectivity index (χ3n) is 3.51. The summed E-state index contributed by atoms with van der Waals surface area (Å²) in [5.74, 6) is 0.836. The van der Waals surface area contributed by atoms with Crippen LogP contribution in [0.3, 0.4) is 0 Å². The number of hydrogen-bond acceptors (Lipinski definition) is 2. The van der Waals surface area contributed by atoms with Crippen LogP contribution in [-0.2, 0) is 13.2 Å². The maximum absolute atomic E-state index is 6.13. The fraction of sp³-hybridized carbons (Fsp3) is 0.167. The van der Waals surface area contributed by atoms with E-state index in [1.54, 1.807) is 6.20 Å². The second-order valence-electron chi connectivity index (χ2n) is 5.16. The van der Waals surface area contributed by atoms with Gasteiger partial charge in [-0.25, -0.2) is 0 Å². The molecule has 0 atom stereocenters. The van der Waals surface area contributed by atoms with Crippen LogP contribution in [0.5, 0.6) is 5.75 Å². The zero-order valence-corrected chi connectivity index (χ0v) is 13.1. The molecule has 0 amide bonds. The monoisotopic (exact) mass is 312 g/mol. The maximum atomic E-state index is 6.13. The summed E-state index contributed by atoms with van der Waals surface area (Å²) in [5.41, 5.74) is 3.27. The van der Waals surface area contributed by atoms with E-state index >= 15 is 0 Å². The third kappa shape index (κ3) is 3.49. The Kier molecular flexibility index (Phi) is 4.45. The van der Waals surface area contributed by atoms with E-state index in [0.29, 0.717) is 18.2 Å². The molecule has 0 spiro atoms. The molecule has 0 aliphatic rings. The summed E-state index contributed by atoms with van der Waals surface area (Å²) in [7, 11) is 0. The topological polar surface area (TPSA) is 27.1 Å². The summed E-state index contributed by atoms with van der Waals surface area (Å²) in [6.07, 6.45) is 1.80. The van der Waals surface area contributed by atoms with Gasteiger partial charge in [-0.15, -0.1) is 0 Å². The Hall–Kier alpha value is -2.26. The van der Waals surface area contributed by atoms with Gasteiger partial charge in [-0.2, -0.15) is 5.10 Å². The van der Waals surface area contributed by atoms with Crippen molar-refractivity contribution in [3.63, 3.8) is 0 Å². The molecule has 1 aromatic heterocycles. The Labute approximate surface area is 135 Å². The molecule has 0 aliphatic heterocycles. The second-order valence-corrected chi connectivity index (χ2v) is 5.59. The lowest BCUT2D eigenvalue weighted by Crippen LogP contribution is -2.06. The van der Waals surface area contributed by atoms with Gasteiger partial charge >= 0.3 is 0 Å². The molecule has 0 saturated heterocycles. The Morgan fingerprint density at radius 3 is 2.64 bits per heavy atom. The van der Waals surface area contributed by atoms with Crippen LogP contribution in [0.15, 0.2) is 60.8 Å². The van der Waals surface area contributed by atoms with Crippen molar-refractivity contribution in [1.82, 2.24) is 9.78 Å². The molecular weight excluding hydrogens is 296 g/mol. The SMILES string of the molecule is Cc1ccnn1Cc1cc(Cl)ccc1OCc1ccccc1. The van der Waals surface area contributed by atoms with Crippen molar-refractivity contribution in [3.05, 3.63) is 82.6 Å². The van der Waals surface area contributed by atoms with Crippen molar-refractivity contribution in [2.75, 3.05) is 0 Å². The summed E-state index contributed by atoms with van der Waals surface area (Å²) >= 11 is 6.13. The molecule has 3 aromatic rings. The van der Waals surface area contributed by atoms with E-state index in [-0.39, 0.29) is 0 Å². The van der Waals surface area contributed by atoms with Gasteiger partial charge in [-0.3, -0.25) is 4.68 Å². The first-order valence-electron chi connectivity index (χ1n) is 7.16. The van der Waals surface area contributed by atoms with Gasteiger partial charge in [0.2, 0.25) is 0 Å². The average Bonchev–Trinajstić information content (AvgIpc) is 2.93. The Morgan fingerprint density at radius 1 is 1.09 bits per heavy atom. The minimum absolute atomic E-state index is 0.535. The molecule has 2 aromatic carbocycles. The van der Waals surface area contributed by atoms with E-state index in [1.165, 1.54) is 0 Å². The first-order chi connectivity index (χ1) is 10.7. The number of halogens is 1. The summed E-state index contributed by atoms with van der Waals surface area (Å²) in [5, 5.41) is 5.02. The highest BCUT2D eigenvalue weighted by Gasteiger charge is 2.08. The first-order valence-corrected chi connectivity index (χ1v) is 7.54. The number of aryl methyl sites for hydroxylation is 1. The van der Waals surface area contributed by atoms with Crippen molar-refractivity contribution >= 4 is 11.6 Å². The van der Waals surface area contributed by atoms with Crippen LogP contribution in [0.4, 0.5) is 0 Å². The van der Waals surface area contributed by atoms with Crippen molar-refractivity contribution in [2.45, 2.75) is 20.1 Å². The second kappa shape index (κ2) is 6.67. The summed E-state index contributed by atoms with van der Waals surface area (Å²) in [6, 6.07) is 17.8. The minimum atomic E-state index is 0.535. The van der Waals surface area contributed by atoms with Crippen LogP contribution in [0.25, 0.3) is 0 Å². The molecule has 0 aliphatic carbocycles. The standard InChI is InChI=1S/C18H17ClN2O/c1-14-9-10-20-21(14)12-16-11-17(19)7-8-18(16)22-13-15-5-3-2-4-6-15/h2-11H,12-13H2,1H3. The van der Waals surface area contributed by atoms with Crippen molar-refractivity contribution in [3.8, 4) is 5.75 Å². The molecular formula is C18H17ClN2O. The van der Waals surface area contributed by atoms with Gasteiger partial charge in [0.05, 0.1) is 6.54 Å².